The Morgan fingerprint density at radius 2 is 1.14 bits per heavy atom. The minimum atomic E-state index is -0.677. The Labute approximate surface area is 223 Å². The third kappa shape index (κ3) is 5.89. The normalized spacial score (nSPS) is 21.3. The number of rotatable bonds is 8. The van der Waals surface area contributed by atoms with Crippen molar-refractivity contribution in [3.05, 3.63) is 68.8 Å². The summed E-state index contributed by atoms with van der Waals surface area (Å²) in [5.41, 5.74) is 8.71. The minimum absolute atomic E-state index is 0.0179. The van der Waals surface area contributed by atoms with Gasteiger partial charge in [-0.3, -0.25) is 14.4 Å². The first-order valence-electron chi connectivity index (χ1n) is 13.8. The lowest BCUT2D eigenvalue weighted by atomic mass is 9.63. The molecule has 4 heteroatoms. The van der Waals surface area contributed by atoms with Gasteiger partial charge in [0, 0.05) is 23.7 Å². The molecular formula is C33H44O4. The van der Waals surface area contributed by atoms with E-state index in [-0.39, 0.29) is 30.1 Å². The fourth-order valence-electron chi connectivity index (χ4n) is 7.07. The Kier molecular flexibility index (Phi) is 9.15. The van der Waals surface area contributed by atoms with E-state index in [0.29, 0.717) is 12.8 Å². The molecule has 4 nitrogen and oxygen atoms in total. The van der Waals surface area contributed by atoms with Crippen molar-refractivity contribution < 1.29 is 19.1 Å². The molecule has 0 aromatic heterocycles. The number of esters is 1. The molecule has 0 saturated heterocycles. The molecule has 0 aliphatic heterocycles. The van der Waals surface area contributed by atoms with Gasteiger partial charge >= 0.3 is 5.97 Å². The fourth-order valence-corrected chi connectivity index (χ4v) is 7.07. The highest BCUT2D eigenvalue weighted by atomic mass is 16.5. The van der Waals surface area contributed by atoms with Gasteiger partial charge in [-0.15, -0.1) is 0 Å². The van der Waals surface area contributed by atoms with Crippen molar-refractivity contribution in [2.24, 2.45) is 17.8 Å². The number of Topliss-reactive ketones (excluding diaryl/α,β-unsaturated/α-hetero) is 2. The molecule has 1 aliphatic carbocycles. The first kappa shape index (κ1) is 28.8. The maximum Gasteiger partial charge on any atom is 0.309 e. The molecule has 1 saturated carbocycles. The van der Waals surface area contributed by atoms with E-state index in [9.17, 15) is 14.4 Å². The SMILES string of the molecule is CCOC(=O)C1CCCC(C(=O)C(C)c2c(C)cc(C)cc2C)C1C(=O)C(C)c1c(C)cc(C)cc1C. The first-order chi connectivity index (χ1) is 17.4. The summed E-state index contributed by atoms with van der Waals surface area (Å²) in [5, 5.41) is 0. The summed E-state index contributed by atoms with van der Waals surface area (Å²) in [6.07, 6.45) is 1.94. The van der Waals surface area contributed by atoms with E-state index in [2.05, 4.69) is 52.0 Å². The van der Waals surface area contributed by atoms with E-state index < -0.39 is 23.7 Å². The number of hydrogen-bond acceptors (Lipinski definition) is 4. The summed E-state index contributed by atoms with van der Waals surface area (Å²) in [6.45, 7) is 18.2. The quantitative estimate of drug-likeness (QED) is 0.357. The highest BCUT2D eigenvalue weighted by Crippen LogP contribution is 2.43. The molecule has 5 atom stereocenters. The number of carbonyl (C=O) groups is 3. The second kappa shape index (κ2) is 11.8. The van der Waals surface area contributed by atoms with E-state index >= 15 is 0 Å². The summed E-state index contributed by atoms with van der Waals surface area (Å²) in [6, 6.07) is 8.43. The van der Waals surface area contributed by atoms with Crippen molar-refractivity contribution in [2.75, 3.05) is 6.61 Å². The van der Waals surface area contributed by atoms with Gasteiger partial charge in [0.25, 0.3) is 0 Å². The predicted molar refractivity (Wildman–Crippen MR) is 149 cm³/mol. The van der Waals surface area contributed by atoms with Crippen LogP contribution in [0.3, 0.4) is 0 Å². The van der Waals surface area contributed by atoms with Gasteiger partial charge in [-0.25, -0.2) is 0 Å². The summed E-state index contributed by atoms with van der Waals surface area (Å²) < 4.78 is 5.43. The Bertz CT molecular complexity index is 1140. The molecule has 1 aliphatic rings. The molecule has 1 fully saturated rings. The second-order valence-corrected chi connectivity index (χ2v) is 11.3. The zero-order valence-corrected chi connectivity index (χ0v) is 24.2. The molecule has 0 bridgehead atoms. The summed E-state index contributed by atoms with van der Waals surface area (Å²) in [4.78, 5) is 41.6. The van der Waals surface area contributed by atoms with E-state index in [1.165, 1.54) is 5.56 Å². The van der Waals surface area contributed by atoms with Crippen LogP contribution in [0.4, 0.5) is 0 Å². The average Bonchev–Trinajstić information content (AvgIpc) is 2.81. The van der Waals surface area contributed by atoms with Crippen LogP contribution in [0.25, 0.3) is 0 Å². The zero-order valence-electron chi connectivity index (χ0n) is 24.2. The van der Waals surface area contributed by atoms with Gasteiger partial charge in [-0.05, 0) is 94.7 Å². The fraction of sp³-hybridized carbons (Fsp3) is 0.545. The molecule has 3 rings (SSSR count). The Morgan fingerprint density at radius 1 is 0.730 bits per heavy atom. The van der Waals surface area contributed by atoms with Gasteiger partial charge in [-0.2, -0.15) is 0 Å². The molecule has 200 valence electrons. The summed E-state index contributed by atoms with van der Waals surface area (Å²) in [5.74, 6) is -2.82. The van der Waals surface area contributed by atoms with Crippen molar-refractivity contribution in [3.63, 3.8) is 0 Å². The molecule has 2 aromatic carbocycles. The maximum absolute atomic E-state index is 14.3. The van der Waals surface area contributed by atoms with Crippen LogP contribution < -0.4 is 0 Å². The van der Waals surface area contributed by atoms with Gasteiger partial charge in [0.2, 0.25) is 0 Å². The van der Waals surface area contributed by atoms with Gasteiger partial charge in [0.05, 0.1) is 12.5 Å². The number of hydrogen-bond donors (Lipinski definition) is 0. The summed E-state index contributed by atoms with van der Waals surface area (Å²) >= 11 is 0. The number of ketones is 2. The monoisotopic (exact) mass is 504 g/mol. The van der Waals surface area contributed by atoms with E-state index in [1.807, 2.05) is 27.7 Å². The van der Waals surface area contributed by atoms with Crippen molar-refractivity contribution >= 4 is 17.5 Å². The molecule has 0 heterocycles. The van der Waals surface area contributed by atoms with Crippen LogP contribution in [0.5, 0.6) is 0 Å². The van der Waals surface area contributed by atoms with Crippen LogP contribution in [0.2, 0.25) is 0 Å². The largest absolute Gasteiger partial charge is 0.466 e. The molecule has 0 radical (unpaired) electrons. The molecule has 5 unspecified atom stereocenters. The van der Waals surface area contributed by atoms with Crippen LogP contribution in [0.15, 0.2) is 24.3 Å². The van der Waals surface area contributed by atoms with E-state index in [0.717, 1.165) is 45.4 Å². The number of carbonyl (C=O) groups excluding carboxylic acids is 3. The minimum Gasteiger partial charge on any atom is -0.466 e. The van der Waals surface area contributed by atoms with Crippen molar-refractivity contribution in [1.82, 2.24) is 0 Å². The van der Waals surface area contributed by atoms with Crippen molar-refractivity contribution in [1.29, 1.82) is 0 Å². The lowest BCUT2D eigenvalue weighted by Crippen LogP contribution is -2.45. The third-order valence-corrected chi connectivity index (χ3v) is 8.38. The van der Waals surface area contributed by atoms with Gasteiger partial charge < -0.3 is 4.74 Å². The smallest absolute Gasteiger partial charge is 0.309 e. The highest BCUT2D eigenvalue weighted by Gasteiger charge is 2.48. The molecule has 37 heavy (non-hydrogen) atoms. The Morgan fingerprint density at radius 3 is 1.57 bits per heavy atom. The molecule has 2 aromatic rings. The van der Waals surface area contributed by atoms with E-state index in [4.69, 9.17) is 4.74 Å². The third-order valence-electron chi connectivity index (χ3n) is 8.38. The van der Waals surface area contributed by atoms with Gasteiger partial charge in [-0.1, -0.05) is 55.7 Å². The molecule has 0 amide bonds. The van der Waals surface area contributed by atoms with Gasteiger partial charge in [0.1, 0.15) is 11.6 Å². The predicted octanol–water partition coefficient (Wildman–Crippen LogP) is 7.18. The second-order valence-electron chi connectivity index (χ2n) is 11.3. The number of ether oxygens (including phenoxy) is 1. The first-order valence-corrected chi connectivity index (χ1v) is 13.8. The van der Waals surface area contributed by atoms with Crippen LogP contribution >= 0.6 is 0 Å². The summed E-state index contributed by atoms with van der Waals surface area (Å²) in [7, 11) is 0. The maximum atomic E-state index is 14.3. The van der Waals surface area contributed by atoms with E-state index in [1.54, 1.807) is 6.92 Å². The molecule has 0 N–H and O–H groups in total. The molecule has 0 spiro atoms. The zero-order chi connectivity index (χ0) is 27.6. The Hall–Kier alpha value is -2.75. The highest BCUT2D eigenvalue weighted by molar-refractivity contribution is 5.98. The molecular weight excluding hydrogens is 460 g/mol. The number of benzene rings is 2. The van der Waals surface area contributed by atoms with Crippen LogP contribution in [-0.4, -0.2) is 24.1 Å². The van der Waals surface area contributed by atoms with Gasteiger partial charge in [0.15, 0.2) is 0 Å². The number of aryl methyl sites for hydroxylation is 6. The van der Waals surface area contributed by atoms with Crippen molar-refractivity contribution in [3.8, 4) is 0 Å². The lowest BCUT2D eigenvalue weighted by molar-refractivity contribution is -0.157. The van der Waals surface area contributed by atoms with Crippen LogP contribution in [-0.2, 0) is 19.1 Å². The van der Waals surface area contributed by atoms with Crippen molar-refractivity contribution in [2.45, 2.75) is 93.4 Å². The standard InChI is InChI=1S/C33H44O4/c1-10-37-33(36)27-13-11-12-26(31(34)24(8)28-20(4)14-18(2)15-21(28)5)30(27)32(35)25(9)29-22(6)16-19(3)17-23(29)7/h14-17,24-27,30H,10-13H2,1-9H3. The average molecular weight is 505 g/mol. The lowest BCUT2D eigenvalue weighted by Gasteiger charge is -2.38. The topological polar surface area (TPSA) is 60.4 Å². The van der Waals surface area contributed by atoms with Crippen LogP contribution in [0.1, 0.15) is 96.4 Å². The van der Waals surface area contributed by atoms with Crippen LogP contribution in [0, 0.1) is 59.3 Å². The Balaban J connectivity index is 2.06.